The average Bonchev–Trinajstić information content (AvgIpc) is 3.03. The molecule has 1 saturated heterocycles. The third-order valence-corrected chi connectivity index (χ3v) is 5.86. The fourth-order valence-electron chi connectivity index (χ4n) is 4.60. The first kappa shape index (κ1) is 14.4. The molecule has 4 aliphatic rings. The van der Waals surface area contributed by atoms with Crippen molar-refractivity contribution in [1.29, 1.82) is 0 Å². The van der Waals surface area contributed by atoms with Crippen molar-refractivity contribution in [2.45, 2.75) is 44.2 Å². The maximum Gasteiger partial charge on any atom is 0.231 e. The molecule has 2 aromatic rings. The van der Waals surface area contributed by atoms with Crippen LogP contribution in [-0.4, -0.2) is 18.9 Å². The van der Waals surface area contributed by atoms with Gasteiger partial charge in [0.2, 0.25) is 6.79 Å². The van der Waals surface area contributed by atoms with Crippen LogP contribution in [0, 0.1) is 5.92 Å². The molecule has 2 bridgehead atoms. The van der Waals surface area contributed by atoms with Crippen LogP contribution in [0.25, 0.3) is 0 Å². The van der Waals surface area contributed by atoms with Crippen LogP contribution in [0.4, 0.5) is 0 Å². The Bertz CT molecular complexity index is 757. The Morgan fingerprint density at radius 3 is 2.67 bits per heavy atom. The van der Waals surface area contributed by atoms with Crippen LogP contribution in [-0.2, 0) is 19.3 Å². The first-order valence-corrected chi connectivity index (χ1v) is 9.06. The number of hydrogen-bond donors (Lipinski definition) is 1. The second-order valence-corrected chi connectivity index (χ2v) is 7.38. The molecule has 6 rings (SSSR count). The maximum atomic E-state index is 5.54. The molecular formula is C21H23NO2. The van der Waals surface area contributed by atoms with Crippen molar-refractivity contribution in [2.24, 2.45) is 5.92 Å². The zero-order chi connectivity index (χ0) is 15.9. The number of hydrogen-bond acceptors (Lipinski definition) is 3. The summed E-state index contributed by atoms with van der Waals surface area (Å²) in [6.07, 6.45) is 6.07. The van der Waals surface area contributed by atoms with E-state index in [0.29, 0.717) is 24.8 Å². The SMILES string of the molecule is c1ccc2c(c1)CC1CCC(C2)C(Cc2ccc3c(c2)OCO3)N1. The highest BCUT2D eigenvalue weighted by Gasteiger charge is 2.33. The molecule has 3 heteroatoms. The van der Waals surface area contributed by atoms with Gasteiger partial charge in [-0.1, -0.05) is 30.3 Å². The third kappa shape index (κ3) is 2.57. The summed E-state index contributed by atoms with van der Waals surface area (Å²) in [5.41, 5.74) is 4.45. The molecule has 2 aromatic carbocycles. The molecule has 0 spiro atoms. The van der Waals surface area contributed by atoms with Crippen molar-refractivity contribution in [1.82, 2.24) is 5.32 Å². The van der Waals surface area contributed by atoms with Gasteiger partial charge in [0, 0.05) is 12.1 Å². The van der Waals surface area contributed by atoms with Crippen LogP contribution in [0.15, 0.2) is 42.5 Å². The average molecular weight is 321 g/mol. The standard InChI is InChI=1S/C21H23NO2/c1-2-4-16-12-18-7-6-17(11-15(16)3-1)19(22-18)9-14-5-8-20-21(10-14)24-13-23-20/h1-5,8,10,17-19,22H,6-7,9,11-13H2. The van der Waals surface area contributed by atoms with E-state index in [9.17, 15) is 0 Å². The molecule has 0 radical (unpaired) electrons. The van der Waals surface area contributed by atoms with E-state index in [-0.39, 0.29) is 0 Å². The molecule has 3 nitrogen and oxygen atoms in total. The topological polar surface area (TPSA) is 30.5 Å². The van der Waals surface area contributed by atoms with Gasteiger partial charge in [-0.15, -0.1) is 0 Å². The lowest BCUT2D eigenvalue weighted by molar-refractivity contribution is 0.174. The molecule has 124 valence electrons. The van der Waals surface area contributed by atoms with Crippen LogP contribution in [0.5, 0.6) is 11.5 Å². The van der Waals surface area contributed by atoms with Gasteiger partial charge in [0.25, 0.3) is 0 Å². The third-order valence-electron chi connectivity index (χ3n) is 5.86. The molecule has 1 fully saturated rings. The second-order valence-electron chi connectivity index (χ2n) is 7.38. The van der Waals surface area contributed by atoms with E-state index in [1.165, 1.54) is 31.2 Å². The van der Waals surface area contributed by atoms with Gasteiger partial charge < -0.3 is 14.8 Å². The van der Waals surface area contributed by atoms with Crippen LogP contribution in [0.1, 0.15) is 29.5 Å². The number of ether oxygens (including phenoxy) is 2. The normalized spacial score (nSPS) is 27.4. The minimum Gasteiger partial charge on any atom is -0.454 e. The van der Waals surface area contributed by atoms with Crippen molar-refractivity contribution in [2.75, 3.05) is 6.79 Å². The van der Waals surface area contributed by atoms with Gasteiger partial charge in [0.05, 0.1) is 0 Å². The van der Waals surface area contributed by atoms with Gasteiger partial charge in [-0.25, -0.2) is 0 Å². The molecule has 0 amide bonds. The van der Waals surface area contributed by atoms with Crippen LogP contribution >= 0.6 is 0 Å². The van der Waals surface area contributed by atoms with E-state index in [1.54, 1.807) is 11.1 Å². The van der Waals surface area contributed by atoms with E-state index in [4.69, 9.17) is 9.47 Å². The molecule has 1 N–H and O–H groups in total. The predicted octanol–water partition coefficient (Wildman–Crippen LogP) is 3.49. The Balaban J connectivity index is 1.39. The summed E-state index contributed by atoms with van der Waals surface area (Å²) in [7, 11) is 0. The number of piperidine rings is 1. The lowest BCUT2D eigenvalue weighted by Crippen LogP contribution is -2.51. The quantitative estimate of drug-likeness (QED) is 0.918. The highest BCUT2D eigenvalue weighted by molar-refractivity contribution is 5.44. The van der Waals surface area contributed by atoms with Crippen LogP contribution in [0.2, 0.25) is 0 Å². The van der Waals surface area contributed by atoms with Crippen LogP contribution in [0.3, 0.4) is 0 Å². The summed E-state index contributed by atoms with van der Waals surface area (Å²) in [5, 5.41) is 3.94. The molecule has 1 aliphatic carbocycles. The minimum absolute atomic E-state index is 0.349. The van der Waals surface area contributed by atoms with Gasteiger partial charge >= 0.3 is 0 Å². The lowest BCUT2D eigenvalue weighted by atomic mass is 9.75. The van der Waals surface area contributed by atoms with Crippen molar-refractivity contribution in [3.8, 4) is 11.5 Å². The van der Waals surface area contributed by atoms with E-state index < -0.39 is 0 Å². The Hall–Kier alpha value is -2.00. The first-order chi connectivity index (χ1) is 11.8. The van der Waals surface area contributed by atoms with Gasteiger partial charge in [0.15, 0.2) is 11.5 Å². The van der Waals surface area contributed by atoms with Gasteiger partial charge in [0.1, 0.15) is 0 Å². The fourth-order valence-corrected chi connectivity index (χ4v) is 4.60. The Kier molecular flexibility index (Phi) is 3.48. The smallest absolute Gasteiger partial charge is 0.231 e. The number of nitrogens with one attached hydrogen (secondary N) is 1. The van der Waals surface area contributed by atoms with E-state index in [2.05, 4.69) is 41.7 Å². The Morgan fingerprint density at radius 2 is 1.75 bits per heavy atom. The number of fused-ring (bicyclic) bond motifs is 3. The molecule has 3 aliphatic heterocycles. The lowest BCUT2D eigenvalue weighted by Gasteiger charge is -2.41. The molecule has 3 atom stereocenters. The maximum absolute atomic E-state index is 5.54. The zero-order valence-corrected chi connectivity index (χ0v) is 13.8. The van der Waals surface area contributed by atoms with Gasteiger partial charge in [-0.3, -0.25) is 0 Å². The van der Waals surface area contributed by atoms with E-state index in [0.717, 1.165) is 17.9 Å². The van der Waals surface area contributed by atoms with E-state index >= 15 is 0 Å². The number of rotatable bonds is 2. The first-order valence-electron chi connectivity index (χ1n) is 9.06. The van der Waals surface area contributed by atoms with Gasteiger partial charge in [-0.2, -0.15) is 0 Å². The monoisotopic (exact) mass is 321 g/mol. The molecular weight excluding hydrogens is 298 g/mol. The Labute approximate surface area is 143 Å². The molecule has 0 saturated carbocycles. The van der Waals surface area contributed by atoms with Crippen molar-refractivity contribution < 1.29 is 9.47 Å². The fraction of sp³-hybridized carbons (Fsp3) is 0.429. The van der Waals surface area contributed by atoms with Crippen LogP contribution < -0.4 is 14.8 Å². The summed E-state index contributed by atoms with van der Waals surface area (Å²) in [5.74, 6) is 2.49. The Morgan fingerprint density at radius 1 is 0.917 bits per heavy atom. The van der Waals surface area contributed by atoms with Crippen molar-refractivity contribution >= 4 is 0 Å². The summed E-state index contributed by atoms with van der Waals surface area (Å²) in [6.45, 7) is 0.349. The summed E-state index contributed by atoms with van der Waals surface area (Å²) in [4.78, 5) is 0. The summed E-state index contributed by atoms with van der Waals surface area (Å²) >= 11 is 0. The second kappa shape index (κ2) is 5.82. The van der Waals surface area contributed by atoms with Crippen molar-refractivity contribution in [3.63, 3.8) is 0 Å². The largest absolute Gasteiger partial charge is 0.454 e. The van der Waals surface area contributed by atoms with Crippen molar-refractivity contribution in [3.05, 3.63) is 59.2 Å². The van der Waals surface area contributed by atoms with E-state index in [1.807, 2.05) is 6.07 Å². The molecule has 3 heterocycles. The summed E-state index contributed by atoms with van der Waals surface area (Å²) < 4.78 is 11.0. The predicted molar refractivity (Wildman–Crippen MR) is 93.6 cm³/mol. The van der Waals surface area contributed by atoms with Gasteiger partial charge in [-0.05, 0) is 66.8 Å². The molecule has 24 heavy (non-hydrogen) atoms. The molecule has 0 aromatic heterocycles. The highest BCUT2D eigenvalue weighted by Crippen LogP contribution is 2.35. The highest BCUT2D eigenvalue weighted by atomic mass is 16.7. The minimum atomic E-state index is 0.349. The molecule has 3 unspecified atom stereocenters. The zero-order valence-electron chi connectivity index (χ0n) is 13.8. The number of benzene rings is 2. The summed E-state index contributed by atoms with van der Waals surface area (Å²) in [6, 6.07) is 16.6.